The Morgan fingerprint density at radius 1 is 1.18 bits per heavy atom. The molecule has 28 heavy (non-hydrogen) atoms. The fraction of sp³-hybridized carbons (Fsp3) is 0.263. The van der Waals surface area contributed by atoms with Crippen molar-refractivity contribution in [2.24, 2.45) is 0 Å². The van der Waals surface area contributed by atoms with Gasteiger partial charge in [0.05, 0.1) is 11.7 Å². The molecule has 1 amide bonds. The highest BCUT2D eigenvalue weighted by Gasteiger charge is 2.30. The first-order valence-electron chi connectivity index (χ1n) is 8.92. The summed E-state index contributed by atoms with van der Waals surface area (Å²) in [4.78, 5) is 14.8. The molecule has 9 heteroatoms. The van der Waals surface area contributed by atoms with Gasteiger partial charge in [0.25, 0.3) is 0 Å². The minimum absolute atomic E-state index is 0.131. The number of amides is 1. The molecule has 4 rings (SSSR count). The van der Waals surface area contributed by atoms with Gasteiger partial charge in [0.15, 0.2) is 11.6 Å². The quantitative estimate of drug-likeness (QED) is 0.732. The van der Waals surface area contributed by atoms with Crippen molar-refractivity contribution in [1.82, 2.24) is 25.1 Å². The number of likely N-dealkylation sites (tertiary alicyclic amines) is 1. The van der Waals surface area contributed by atoms with E-state index < -0.39 is 11.6 Å². The van der Waals surface area contributed by atoms with Gasteiger partial charge in [-0.25, -0.2) is 13.5 Å². The summed E-state index contributed by atoms with van der Waals surface area (Å²) in [6, 6.07) is 10.7. The Bertz CT molecular complexity index is 978. The number of benzene rings is 2. The first-order chi connectivity index (χ1) is 13.6. The van der Waals surface area contributed by atoms with Crippen LogP contribution in [0.3, 0.4) is 0 Å². The first kappa shape index (κ1) is 18.2. The minimum atomic E-state index is -0.878. The molecule has 2 aromatic carbocycles. The Labute approximate surface area is 160 Å². The van der Waals surface area contributed by atoms with Crippen LogP contribution in [0, 0.1) is 11.6 Å². The lowest BCUT2D eigenvalue weighted by Gasteiger charge is -2.24. The standard InChI is InChI=1S/C19H18F2N6O/c20-16-7-6-13(9-17(16)21)11-26-8-2-5-18(26)19(28)23-14-3-1-4-15(10-14)27-12-22-24-25-27/h1,3-4,6-7,9-10,12,18H,2,5,8,11H2,(H,23,28)/t18-/m1/s1. The van der Waals surface area contributed by atoms with E-state index >= 15 is 0 Å². The number of carbonyl (C=O) groups is 1. The molecule has 1 aliphatic rings. The van der Waals surface area contributed by atoms with Crippen LogP contribution in [0.5, 0.6) is 0 Å². The van der Waals surface area contributed by atoms with Gasteiger partial charge in [0, 0.05) is 12.2 Å². The molecule has 2 heterocycles. The Morgan fingerprint density at radius 2 is 2.07 bits per heavy atom. The minimum Gasteiger partial charge on any atom is -0.325 e. The van der Waals surface area contributed by atoms with Gasteiger partial charge in [-0.05, 0) is 65.7 Å². The van der Waals surface area contributed by atoms with E-state index in [2.05, 4.69) is 20.8 Å². The third-order valence-corrected chi connectivity index (χ3v) is 4.76. The molecule has 7 nitrogen and oxygen atoms in total. The van der Waals surface area contributed by atoms with Crippen LogP contribution in [0.15, 0.2) is 48.8 Å². The molecule has 1 aliphatic heterocycles. The van der Waals surface area contributed by atoms with Crippen molar-refractivity contribution in [2.75, 3.05) is 11.9 Å². The number of aromatic nitrogens is 4. The van der Waals surface area contributed by atoms with Crippen molar-refractivity contribution in [1.29, 1.82) is 0 Å². The maximum absolute atomic E-state index is 13.5. The van der Waals surface area contributed by atoms with Gasteiger partial charge in [-0.2, -0.15) is 0 Å². The smallest absolute Gasteiger partial charge is 0.241 e. The zero-order chi connectivity index (χ0) is 19.5. The topological polar surface area (TPSA) is 75.9 Å². The fourth-order valence-corrected chi connectivity index (χ4v) is 3.42. The maximum Gasteiger partial charge on any atom is 0.241 e. The zero-order valence-electron chi connectivity index (χ0n) is 14.9. The molecule has 0 saturated carbocycles. The molecule has 0 bridgehead atoms. The summed E-state index contributed by atoms with van der Waals surface area (Å²) in [6.45, 7) is 1.11. The highest BCUT2D eigenvalue weighted by Crippen LogP contribution is 2.23. The van der Waals surface area contributed by atoms with E-state index in [0.717, 1.165) is 24.7 Å². The lowest BCUT2D eigenvalue weighted by molar-refractivity contribution is -0.120. The van der Waals surface area contributed by atoms with Gasteiger partial charge in [-0.1, -0.05) is 12.1 Å². The van der Waals surface area contributed by atoms with Crippen LogP contribution in [0.25, 0.3) is 5.69 Å². The highest BCUT2D eigenvalue weighted by molar-refractivity contribution is 5.95. The number of nitrogens with zero attached hydrogens (tertiary/aromatic N) is 5. The van der Waals surface area contributed by atoms with Crippen molar-refractivity contribution >= 4 is 11.6 Å². The number of tetrazole rings is 1. The van der Waals surface area contributed by atoms with Gasteiger partial charge < -0.3 is 5.32 Å². The molecule has 1 fully saturated rings. The van der Waals surface area contributed by atoms with Crippen LogP contribution >= 0.6 is 0 Å². The molecular formula is C19H18F2N6O. The average Bonchev–Trinajstić information content (AvgIpc) is 3.37. The van der Waals surface area contributed by atoms with Crippen LogP contribution in [0.4, 0.5) is 14.5 Å². The molecule has 1 saturated heterocycles. The second kappa shape index (κ2) is 7.81. The Balaban J connectivity index is 1.45. The van der Waals surface area contributed by atoms with Gasteiger partial charge >= 0.3 is 0 Å². The van der Waals surface area contributed by atoms with Crippen molar-refractivity contribution in [3.05, 3.63) is 66.0 Å². The van der Waals surface area contributed by atoms with E-state index in [4.69, 9.17) is 0 Å². The predicted molar refractivity (Wildman–Crippen MR) is 97.6 cm³/mol. The molecule has 1 atom stereocenters. The molecular weight excluding hydrogens is 366 g/mol. The number of anilines is 1. The van der Waals surface area contributed by atoms with Crippen LogP contribution in [0.2, 0.25) is 0 Å². The monoisotopic (exact) mass is 384 g/mol. The molecule has 3 aromatic rings. The molecule has 144 valence electrons. The number of rotatable bonds is 5. The molecule has 1 aromatic heterocycles. The molecule has 0 unspecified atom stereocenters. The largest absolute Gasteiger partial charge is 0.325 e. The molecule has 0 aliphatic carbocycles. The Hall–Kier alpha value is -3.20. The van der Waals surface area contributed by atoms with E-state index in [1.54, 1.807) is 24.3 Å². The SMILES string of the molecule is O=C(Nc1cccc(-n2cnnn2)c1)[C@H]1CCCN1Cc1ccc(F)c(F)c1. The van der Waals surface area contributed by atoms with E-state index in [1.165, 1.54) is 17.1 Å². The number of hydrogen-bond donors (Lipinski definition) is 1. The normalized spacial score (nSPS) is 17.0. The van der Waals surface area contributed by atoms with Gasteiger partial charge in [-0.15, -0.1) is 5.10 Å². The van der Waals surface area contributed by atoms with E-state index in [0.29, 0.717) is 24.2 Å². The first-order valence-corrected chi connectivity index (χ1v) is 8.92. The van der Waals surface area contributed by atoms with Crippen LogP contribution < -0.4 is 5.32 Å². The summed E-state index contributed by atoms with van der Waals surface area (Å²) in [6.07, 6.45) is 3.05. The lowest BCUT2D eigenvalue weighted by Crippen LogP contribution is -2.39. The number of halogens is 2. The van der Waals surface area contributed by atoms with Gasteiger partial charge in [-0.3, -0.25) is 9.69 Å². The number of hydrogen-bond acceptors (Lipinski definition) is 5. The Morgan fingerprint density at radius 3 is 2.86 bits per heavy atom. The van der Waals surface area contributed by atoms with E-state index in [9.17, 15) is 13.6 Å². The third-order valence-electron chi connectivity index (χ3n) is 4.76. The second-order valence-corrected chi connectivity index (χ2v) is 6.67. The molecule has 0 spiro atoms. The van der Waals surface area contributed by atoms with Crippen LogP contribution in [-0.4, -0.2) is 43.6 Å². The summed E-state index contributed by atoms with van der Waals surface area (Å²) in [5.41, 5.74) is 2.00. The van der Waals surface area contributed by atoms with Crippen LogP contribution in [-0.2, 0) is 11.3 Å². The predicted octanol–water partition coefficient (Wildman–Crippen LogP) is 2.54. The van der Waals surface area contributed by atoms with Crippen LogP contribution in [0.1, 0.15) is 18.4 Å². The third kappa shape index (κ3) is 3.89. The van der Waals surface area contributed by atoms with E-state index in [-0.39, 0.29) is 11.9 Å². The second-order valence-electron chi connectivity index (χ2n) is 6.67. The summed E-state index contributed by atoms with van der Waals surface area (Å²) < 4.78 is 28.1. The summed E-state index contributed by atoms with van der Waals surface area (Å²) in [5, 5.41) is 14.0. The summed E-state index contributed by atoms with van der Waals surface area (Å²) in [7, 11) is 0. The van der Waals surface area contributed by atoms with Crippen molar-refractivity contribution in [3.63, 3.8) is 0 Å². The van der Waals surface area contributed by atoms with Gasteiger partial charge in [0.1, 0.15) is 6.33 Å². The highest BCUT2D eigenvalue weighted by atomic mass is 19.2. The number of nitrogens with one attached hydrogen (secondary N) is 1. The number of carbonyl (C=O) groups excluding carboxylic acids is 1. The lowest BCUT2D eigenvalue weighted by atomic mass is 10.1. The summed E-state index contributed by atoms with van der Waals surface area (Å²) in [5.74, 6) is -1.88. The molecule has 0 radical (unpaired) electrons. The van der Waals surface area contributed by atoms with Crippen molar-refractivity contribution in [3.8, 4) is 5.69 Å². The summed E-state index contributed by atoms with van der Waals surface area (Å²) >= 11 is 0. The fourth-order valence-electron chi connectivity index (χ4n) is 3.42. The molecule has 1 N–H and O–H groups in total. The average molecular weight is 384 g/mol. The van der Waals surface area contributed by atoms with Crippen molar-refractivity contribution < 1.29 is 13.6 Å². The Kier molecular flexibility index (Phi) is 5.07. The zero-order valence-corrected chi connectivity index (χ0v) is 14.9. The van der Waals surface area contributed by atoms with E-state index in [1.807, 2.05) is 11.0 Å². The maximum atomic E-state index is 13.5. The van der Waals surface area contributed by atoms with Gasteiger partial charge in [0.2, 0.25) is 5.91 Å². The van der Waals surface area contributed by atoms with Crippen molar-refractivity contribution in [2.45, 2.75) is 25.4 Å².